The summed E-state index contributed by atoms with van der Waals surface area (Å²) in [6.07, 6.45) is 0. The molecule has 1 saturated heterocycles. The first-order valence-electron chi connectivity index (χ1n) is 6.78. The summed E-state index contributed by atoms with van der Waals surface area (Å²) in [6.45, 7) is 0.908. The molecule has 2 N–H and O–H groups in total. The maximum Gasteiger partial charge on any atom is 0.324 e. The van der Waals surface area contributed by atoms with Crippen LogP contribution in [-0.4, -0.2) is 60.9 Å². The fourth-order valence-corrected chi connectivity index (χ4v) is 2.46. The summed E-state index contributed by atoms with van der Waals surface area (Å²) in [5.74, 6) is -0.542. The van der Waals surface area contributed by atoms with Gasteiger partial charge in [-0.1, -0.05) is 12.1 Å². The summed E-state index contributed by atoms with van der Waals surface area (Å²) >= 11 is 3.35. The van der Waals surface area contributed by atoms with E-state index in [1.54, 1.807) is 18.0 Å². The third kappa shape index (κ3) is 4.28. The summed E-state index contributed by atoms with van der Waals surface area (Å²) < 4.78 is 0.788. The van der Waals surface area contributed by atoms with Crippen molar-refractivity contribution < 1.29 is 14.4 Å². The monoisotopic (exact) mass is 368 g/mol. The molecular formula is C14H17BrN4O3. The van der Waals surface area contributed by atoms with E-state index in [1.165, 1.54) is 0 Å². The zero-order chi connectivity index (χ0) is 16.1. The molecule has 1 heterocycles. The van der Waals surface area contributed by atoms with Gasteiger partial charge < -0.3 is 10.6 Å². The van der Waals surface area contributed by atoms with Gasteiger partial charge in [-0.25, -0.2) is 4.79 Å². The second kappa shape index (κ2) is 7.37. The van der Waals surface area contributed by atoms with Crippen molar-refractivity contribution in [2.75, 3.05) is 38.5 Å². The van der Waals surface area contributed by atoms with Crippen molar-refractivity contribution in [2.45, 2.75) is 0 Å². The molecule has 0 unspecified atom stereocenters. The van der Waals surface area contributed by atoms with E-state index in [9.17, 15) is 14.4 Å². The number of carbonyl (C=O) groups is 3. The number of amides is 4. The van der Waals surface area contributed by atoms with Crippen LogP contribution >= 0.6 is 15.9 Å². The van der Waals surface area contributed by atoms with E-state index >= 15 is 0 Å². The van der Waals surface area contributed by atoms with E-state index in [4.69, 9.17) is 0 Å². The second-order valence-electron chi connectivity index (χ2n) is 4.98. The first-order chi connectivity index (χ1) is 10.5. The molecule has 0 aromatic heterocycles. The molecule has 1 aromatic rings. The van der Waals surface area contributed by atoms with E-state index in [-0.39, 0.29) is 30.9 Å². The molecule has 1 aliphatic rings. The van der Waals surface area contributed by atoms with Crippen LogP contribution < -0.4 is 10.6 Å². The van der Waals surface area contributed by atoms with Crippen LogP contribution in [0, 0.1) is 0 Å². The van der Waals surface area contributed by atoms with Gasteiger partial charge in [0.2, 0.25) is 11.8 Å². The highest BCUT2D eigenvalue weighted by Crippen LogP contribution is 2.20. The molecule has 7 nitrogen and oxygen atoms in total. The van der Waals surface area contributed by atoms with Gasteiger partial charge in [0.15, 0.2) is 0 Å². The average Bonchev–Trinajstić information content (AvgIpc) is 2.87. The Hall–Kier alpha value is -1.93. The predicted molar refractivity (Wildman–Crippen MR) is 85.4 cm³/mol. The Morgan fingerprint density at radius 1 is 1.36 bits per heavy atom. The van der Waals surface area contributed by atoms with E-state index in [2.05, 4.69) is 26.6 Å². The first kappa shape index (κ1) is 16.4. The summed E-state index contributed by atoms with van der Waals surface area (Å²) in [4.78, 5) is 38.0. The molecule has 1 aliphatic heterocycles. The van der Waals surface area contributed by atoms with Crippen molar-refractivity contribution in [2.24, 2.45) is 0 Å². The molecule has 1 fully saturated rings. The Bertz CT molecular complexity index is 593. The molecular weight excluding hydrogens is 352 g/mol. The molecule has 0 aliphatic carbocycles. The van der Waals surface area contributed by atoms with Gasteiger partial charge in [-0.3, -0.25) is 19.4 Å². The highest BCUT2D eigenvalue weighted by molar-refractivity contribution is 9.10. The summed E-state index contributed by atoms with van der Waals surface area (Å²) in [6, 6.07) is 6.90. The van der Waals surface area contributed by atoms with Gasteiger partial charge in [0.05, 0.1) is 18.8 Å². The van der Waals surface area contributed by atoms with Crippen LogP contribution in [-0.2, 0) is 9.59 Å². The Morgan fingerprint density at radius 3 is 2.73 bits per heavy atom. The highest BCUT2D eigenvalue weighted by Gasteiger charge is 2.26. The topological polar surface area (TPSA) is 81.8 Å². The van der Waals surface area contributed by atoms with Crippen LogP contribution in [0.5, 0.6) is 0 Å². The zero-order valence-corrected chi connectivity index (χ0v) is 13.7. The number of urea groups is 1. The van der Waals surface area contributed by atoms with Gasteiger partial charge in [-0.2, -0.15) is 0 Å². The van der Waals surface area contributed by atoms with Crippen molar-refractivity contribution in [3.63, 3.8) is 0 Å². The van der Waals surface area contributed by atoms with Crippen molar-refractivity contribution in [3.8, 4) is 0 Å². The van der Waals surface area contributed by atoms with Crippen LogP contribution in [0.2, 0.25) is 0 Å². The Labute approximate surface area is 136 Å². The third-order valence-electron chi connectivity index (χ3n) is 3.12. The van der Waals surface area contributed by atoms with Gasteiger partial charge >= 0.3 is 6.03 Å². The number of carbonyl (C=O) groups excluding carboxylic acids is 3. The molecule has 0 bridgehead atoms. The first-order valence-corrected chi connectivity index (χ1v) is 7.58. The lowest BCUT2D eigenvalue weighted by molar-refractivity contribution is -0.128. The average molecular weight is 369 g/mol. The zero-order valence-electron chi connectivity index (χ0n) is 12.1. The van der Waals surface area contributed by atoms with Crippen molar-refractivity contribution >= 4 is 39.5 Å². The molecule has 8 heteroatoms. The van der Waals surface area contributed by atoms with Gasteiger partial charge in [0.25, 0.3) is 0 Å². The van der Waals surface area contributed by atoms with Gasteiger partial charge in [0.1, 0.15) is 0 Å². The number of anilines is 1. The highest BCUT2D eigenvalue weighted by atomic mass is 79.9. The number of nitrogens with one attached hydrogen (secondary N) is 2. The fourth-order valence-electron chi connectivity index (χ4n) is 2.08. The number of hydrogen-bond acceptors (Lipinski definition) is 4. The number of rotatable bonds is 5. The molecule has 0 radical (unpaired) electrons. The minimum absolute atomic E-state index is 0.0107. The lowest BCUT2D eigenvalue weighted by Gasteiger charge is -2.19. The maximum absolute atomic E-state index is 12.0. The van der Waals surface area contributed by atoms with Crippen molar-refractivity contribution in [3.05, 3.63) is 28.7 Å². The summed E-state index contributed by atoms with van der Waals surface area (Å²) in [5.41, 5.74) is 0.672. The molecule has 4 amide bonds. The fraction of sp³-hybridized carbons (Fsp3) is 0.357. The number of imide groups is 1. The van der Waals surface area contributed by atoms with Crippen molar-refractivity contribution in [1.82, 2.24) is 15.1 Å². The Kier molecular flexibility index (Phi) is 5.51. The van der Waals surface area contributed by atoms with E-state index in [1.807, 2.05) is 18.2 Å². The number of halogens is 1. The van der Waals surface area contributed by atoms with Crippen LogP contribution in [0.3, 0.4) is 0 Å². The number of hydrogen-bond donors (Lipinski definition) is 2. The lowest BCUT2D eigenvalue weighted by Crippen LogP contribution is -2.42. The minimum Gasteiger partial charge on any atom is -0.336 e. The maximum atomic E-state index is 12.0. The van der Waals surface area contributed by atoms with Gasteiger partial charge in [-0.05, 0) is 35.1 Å². The van der Waals surface area contributed by atoms with Crippen LogP contribution in [0.4, 0.5) is 10.5 Å². The summed E-state index contributed by atoms with van der Waals surface area (Å²) in [7, 11) is 1.66. The lowest BCUT2D eigenvalue weighted by atomic mass is 10.3. The standard InChI is InChI=1S/C14H17BrN4O3/c1-18(9-13(21)19-7-6-16-14(19)22)8-12(20)17-11-5-3-2-4-10(11)15/h2-5H,6-9H2,1H3,(H,16,22)(H,17,20). The second-order valence-corrected chi connectivity index (χ2v) is 5.83. The molecule has 2 rings (SSSR count). The van der Waals surface area contributed by atoms with Crippen molar-refractivity contribution in [1.29, 1.82) is 0 Å². The largest absolute Gasteiger partial charge is 0.336 e. The Morgan fingerprint density at radius 2 is 2.09 bits per heavy atom. The van der Waals surface area contributed by atoms with Crippen LogP contribution in [0.15, 0.2) is 28.7 Å². The summed E-state index contributed by atoms with van der Waals surface area (Å²) in [5, 5.41) is 5.33. The minimum atomic E-state index is -0.379. The molecule has 118 valence electrons. The quantitative estimate of drug-likeness (QED) is 0.807. The molecule has 0 saturated carbocycles. The van der Waals surface area contributed by atoms with E-state index in [0.717, 1.165) is 9.37 Å². The van der Waals surface area contributed by atoms with Gasteiger partial charge in [0, 0.05) is 17.6 Å². The van der Waals surface area contributed by atoms with Crippen LogP contribution in [0.25, 0.3) is 0 Å². The molecule has 22 heavy (non-hydrogen) atoms. The number of para-hydroxylation sites is 1. The SMILES string of the molecule is CN(CC(=O)Nc1ccccc1Br)CC(=O)N1CCNC1=O. The molecule has 0 spiro atoms. The number of nitrogens with zero attached hydrogens (tertiary/aromatic N) is 2. The molecule has 1 aromatic carbocycles. The normalized spacial score (nSPS) is 14.1. The Balaban J connectivity index is 1.82. The molecule has 0 atom stereocenters. The van der Waals surface area contributed by atoms with Crippen LogP contribution in [0.1, 0.15) is 0 Å². The van der Waals surface area contributed by atoms with Gasteiger partial charge in [-0.15, -0.1) is 0 Å². The smallest absolute Gasteiger partial charge is 0.324 e. The van der Waals surface area contributed by atoms with E-state index < -0.39 is 0 Å². The number of likely N-dealkylation sites (N-methyl/N-ethyl adjacent to an activating group) is 1. The van der Waals surface area contributed by atoms with E-state index in [0.29, 0.717) is 18.8 Å². The predicted octanol–water partition coefficient (Wildman–Crippen LogP) is 0.871. The number of benzene rings is 1. The third-order valence-corrected chi connectivity index (χ3v) is 3.82.